The minimum atomic E-state index is -5.36. The molecule has 2 aromatic carbocycles. The van der Waals surface area contributed by atoms with E-state index in [0.717, 1.165) is 42.2 Å². The van der Waals surface area contributed by atoms with Crippen molar-refractivity contribution in [2.75, 3.05) is 13.2 Å². The molecule has 1 heterocycles. The van der Waals surface area contributed by atoms with E-state index in [4.69, 9.17) is 9.15 Å². The predicted molar refractivity (Wildman–Crippen MR) is 147 cm³/mol. The molecule has 0 aliphatic heterocycles. The van der Waals surface area contributed by atoms with Crippen molar-refractivity contribution in [3.63, 3.8) is 0 Å². The van der Waals surface area contributed by atoms with Crippen LogP contribution in [0.25, 0.3) is 22.3 Å². The summed E-state index contributed by atoms with van der Waals surface area (Å²) in [6.45, 7) is 5.42. The lowest BCUT2D eigenvalue weighted by atomic mass is 9.97. The smallest absolute Gasteiger partial charge is 0.493 e. The Morgan fingerprint density at radius 2 is 1.60 bits per heavy atom. The van der Waals surface area contributed by atoms with Crippen molar-refractivity contribution < 1.29 is 54.5 Å². The van der Waals surface area contributed by atoms with Crippen LogP contribution >= 0.6 is 0 Å². The van der Waals surface area contributed by atoms with Crippen molar-refractivity contribution in [1.29, 1.82) is 0 Å². The fraction of sp³-hybridized carbons (Fsp3) is 0.452. The van der Waals surface area contributed by atoms with Gasteiger partial charge < -0.3 is 13.9 Å². The van der Waals surface area contributed by atoms with Gasteiger partial charge in [0, 0.05) is 23.1 Å². The average Bonchev–Trinajstić information content (AvgIpc) is 3.34. The van der Waals surface area contributed by atoms with Crippen molar-refractivity contribution in [2.24, 2.45) is 0 Å². The number of unbranched alkanes of at least 4 members (excludes halogenated alkanes) is 2. The van der Waals surface area contributed by atoms with Gasteiger partial charge in [0.2, 0.25) is 0 Å². The fourth-order valence-corrected chi connectivity index (χ4v) is 4.24. The van der Waals surface area contributed by atoms with Crippen LogP contribution in [0.4, 0.5) is 26.3 Å². The molecule has 0 saturated carbocycles. The van der Waals surface area contributed by atoms with Crippen LogP contribution in [0.2, 0.25) is 0 Å². The number of ether oxygens (including phenoxy) is 4. The van der Waals surface area contributed by atoms with Crippen molar-refractivity contribution in [3.8, 4) is 17.1 Å². The Kier molecular flexibility index (Phi) is 11.7. The van der Waals surface area contributed by atoms with Gasteiger partial charge in [-0.05, 0) is 48.6 Å². The van der Waals surface area contributed by atoms with Crippen LogP contribution in [-0.4, -0.2) is 37.7 Å². The lowest BCUT2D eigenvalue weighted by Crippen LogP contribution is -2.41. The van der Waals surface area contributed by atoms with E-state index in [1.807, 2.05) is 12.1 Å². The lowest BCUT2D eigenvalue weighted by Gasteiger charge is -2.26. The summed E-state index contributed by atoms with van der Waals surface area (Å²) < 4.78 is 105. The minimum Gasteiger partial charge on any atom is -0.493 e. The normalized spacial score (nSPS) is 12.5. The highest BCUT2D eigenvalue weighted by Gasteiger charge is 2.52. The summed E-state index contributed by atoms with van der Waals surface area (Å²) in [5.41, 5.74) is 3.74. The zero-order valence-electron chi connectivity index (χ0n) is 23.9. The number of halogens is 6. The summed E-state index contributed by atoms with van der Waals surface area (Å²) in [5, 5.41) is 0.738. The zero-order valence-corrected chi connectivity index (χ0v) is 23.9. The molecule has 6 nitrogen and oxygen atoms in total. The first-order chi connectivity index (χ1) is 20.3. The van der Waals surface area contributed by atoms with Crippen molar-refractivity contribution >= 4 is 16.9 Å². The standard InChI is InChI=1S/C31H34F6O6/c1-4-7-8-9-21-10-13-25(22(5-2)18-21)27-19-23-11-12-24(20-26(23)41-27)39-16-14-29(32,33)42-31(36,37)43-30(34,35)15-17-40-28(38)6-3/h6,10-13,18-20H,3-5,7-9,14-17H2,1-2H3. The molecular weight excluding hydrogens is 582 g/mol. The molecule has 0 bridgehead atoms. The monoisotopic (exact) mass is 616 g/mol. The van der Waals surface area contributed by atoms with Crippen molar-refractivity contribution in [3.05, 3.63) is 66.2 Å². The van der Waals surface area contributed by atoms with Gasteiger partial charge in [-0.1, -0.05) is 51.5 Å². The Labute approximate surface area is 245 Å². The number of fused-ring (bicyclic) bond motifs is 1. The first kappa shape index (κ1) is 34.0. The van der Waals surface area contributed by atoms with Crippen LogP contribution in [0.5, 0.6) is 5.75 Å². The number of furan rings is 1. The number of esters is 1. The Morgan fingerprint density at radius 1 is 0.907 bits per heavy atom. The summed E-state index contributed by atoms with van der Waals surface area (Å²) in [7, 11) is 0. The van der Waals surface area contributed by atoms with Crippen molar-refractivity contribution in [2.45, 2.75) is 77.3 Å². The number of rotatable bonds is 18. The van der Waals surface area contributed by atoms with Gasteiger partial charge in [-0.25, -0.2) is 14.3 Å². The number of hydrogen-bond donors (Lipinski definition) is 0. The van der Waals surface area contributed by atoms with Crippen LogP contribution in [0.1, 0.15) is 57.1 Å². The predicted octanol–water partition coefficient (Wildman–Crippen LogP) is 9.05. The van der Waals surface area contributed by atoms with Crippen LogP contribution < -0.4 is 4.74 Å². The molecule has 12 heteroatoms. The number of alkyl halides is 6. The van der Waals surface area contributed by atoms with Gasteiger partial charge in [0.05, 0.1) is 26.1 Å². The quantitative estimate of drug-likeness (QED) is 0.0467. The van der Waals surface area contributed by atoms with Gasteiger partial charge in [0.15, 0.2) is 0 Å². The third-order valence-electron chi connectivity index (χ3n) is 6.38. The first-order valence-corrected chi connectivity index (χ1v) is 13.9. The summed E-state index contributed by atoms with van der Waals surface area (Å²) in [4.78, 5) is 10.9. The number of carbonyl (C=O) groups is 1. The van der Waals surface area contributed by atoms with Gasteiger partial charge in [0.1, 0.15) is 17.1 Å². The van der Waals surface area contributed by atoms with Gasteiger partial charge >= 0.3 is 24.5 Å². The van der Waals surface area contributed by atoms with E-state index in [9.17, 15) is 31.1 Å². The third-order valence-corrected chi connectivity index (χ3v) is 6.38. The van der Waals surface area contributed by atoms with Crippen LogP contribution in [0.15, 0.2) is 59.5 Å². The van der Waals surface area contributed by atoms with E-state index in [1.165, 1.54) is 24.1 Å². The van der Waals surface area contributed by atoms with Crippen LogP contribution in [0.3, 0.4) is 0 Å². The van der Waals surface area contributed by atoms with E-state index in [-0.39, 0.29) is 5.75 Å². The SMILES string of the molecule is C=CC(=O)OCCC(F)(F)OC(F)(F)OC(F)(F)CCOc1ccc2cc(-c3ccc(CCCCC)cc3CC)oc2c1. The van der Waals surface area contributed by atoms with Crippen molar-refractivity contribution in [1.82, 2.24) is 0 Å². The highest BCUT2D eigenvalue weighted by atomic mass is 19.3. The molecule has 3 rings (SSSR count). The Balaban J connectivity index is 1.58. The van der Waals surface area contributed by atoms with E-state index < -0.39 is 50.5 Å². The summed E-state index contributed by atoms with van der Waals surface area (Å²) >= 11 is 0. The third kappa shape index (κ3) is 10.6. The molecule has 0 saturated heterocycles. The molecule has 3 aromatic rings. The summed E-state index contributed by atoms with van der Waals surface area (Å²) in [6.07, 6.45) is -11.6. The molecule has 0 spiro atoms. The molecule has 0 aliphatic carbocycles. The number of carbonyl (C=O) groups excluding carboxylic acids is 1. The molecule has 0 amide bonds. The summed E-state index contributed by atoms with van der Waals surface area (Å²) in [6, 6.07) is 12.7. The molecule has 236 valence electrons. The topological polar surface area (TPSA) is 67.1 Å². The van der Waals surface area contributed by atoms with Crippen LogP contribution in [0, 0.1) is 0 Å². The van der Waals surface area contributed by atoms with Crippen LogP contribution in [-0.2, 0) is 31.8 Å². The first-order valence-electron chi connectivity index (χ1n) is 13.9. The Hall–Kier alpha value is -3.51. The summed E-state index contributed by atoms with van der Waals surface area (Å²) in [5.74, 6) is -0.331. The molecule has 0 fully saturated rings. The second kappa shape index (κ2) is 14.8. The van der Waals surface area contributed by atoms with E-state index in [2.05, 4.69) is 46.8 Å². The fourth-order valence-electron chi connectivity index (χ4n) is 4.24. The maximum Gasteiger partial charge on any atom is 0.494 e. The van der Waals surface area contributed by atoms with E-state index >= 15 is 0 Å². The molecule has 43 heavy (non-hydrogen) atoms. The molecular formula is C31H34F6O6. The molecule has 0 unspecified atom stereocenters. The maximum atomic E-state index is 14.0. The Morgan fingerprint density at radius 3 is 2.26 bits per heavy atom. The van der Waals surface area contributed by atoms with Gasteiger partial charge in [-0.15, -0.1) is 8.78 Å². The largest absolute Gasteiger partial charge is 0.494 e. The second-order valence-electron chi connectivity index (χ2n) is 9.77. The molecule has 0 aliphatic rings. The zero-order chi connectivity index (χ0) is 31.7. The number of benzene rings is 2. The molecule has 0 N–H and O–H groups in total. The molecule has 0 radical (unpaired) electrons. The molecule has 1 aromatic heterocycles. The van der Waals surface area contributed by atoms with Gasteiger partial charge in [-0.3, -0.25) is 0 Å². The van der Waals surface area contributed by atoms with Gasteiger partial charge in [-0.2, -0.15) is 17.6 Å². The Bertz CT molecular complexity index is 1370. The maximum absolute atomic E-state index is 14.0. The minimum absolute atomic E-state index is 0.120. The van der Waals surface area contributed by atoms with E-state index in [0.29, 0.717) is 17.4 Å². The van der Waals surface area contributed by atoms with E-state index in [1.54, 1.807) is 6.07 Å². The number of aryl methyl sites for hydroxylation is 2. The molecule has 0 atom stereocenters. The highest BCUT2D eigenvalue weighted by Crippen LogP contribution is 2.37. The average molecular weight is 617 g/mol. The second-order valence-corrected chi connectivity index (χ2v) is 9.77. The highest BCUT2D eigenvalue weighted by molar-refractivity contribution is 5.84. The lowest BCUT2D eigenvalue weighted by molar-refractivity contribution is -0.514. The van der Waals surface area contributed by atoms with Gasteiger partial charge in [0.25, 0.3) is 0 Å². The number of hydrogen-bond acceptors (Lipinski definition) is 6.